The van der Waals surface area contributed by atoms with E-state index in [1.165, 1.54) is 16.4 Å². The van der Waals surface area contributed by atoms with Gasteiger partial charge in [-0.25, -0.2) is 8.42 Å². The lowest BCUT2D eigenvalue weighted by Gasteiger charge is -2.31. The first-order chi connectivity index (χ1) is 9.09. The van der Waals surface area contributed by atoms with E-state index in [2.05, 4.69) is 0 Å². The predicted octanol–water partition coefficient (Wildman–Crippen LogP) is 0.951. The molecule has 2 rings (SSSR count). The van der Waals surface area contributed by atoms with E-state index >= 15 is 0 Å². The zero-order valence-corrected chi connectivity index (χ0v) is 11.3. The molecule has 102 valence electrons. The van der Waals surface area contributed by atoms with Crippen LogP contribution >= 0.6 is 0 Å². The minimum Gasteiger partial charge on any atom is -0.396 e. The van der Waals surface area contributed by atoms with Gasteiger partial charge in [0.15, 0.2) is 0 Å². The number of rotatable bonds is 3. The Bertz CT molecular complexity index is 592. The van der Waals surface area contributed by atoms with Crippen molar-refractivity contribution < 1.29 is 13.5 Å². The Hall–Kier alpha value is -1.42. The van der Waals surface area contributed by atoms with Crippen LogP contribution in [0.25, 0.3) is 0 Å². The zero-order valence-electron chi connectivity index (χ0n) is 10.5. The van der Waals surface area contributed by atoms with Crippen molar-refractivity contribution in [3.63, 3.8) is 0 Å². The lowest BCUT2D eigenvalue weighted by molar-refractivity contribution is 0.165. The SMILES string of the molecule is N#Cc1ccccc1S(=O)(=O)N1CCCC(CO)C1. The average molecular weight is 280 g/mol. The van der Waals surface area contributed by atoms with Crippen molar-refractivity contribution in [2.75, 3.05) is 19.7 Å². The molecule has 1 aromatic carbocycles. The smallest absolute Gasteiger partial charge is 0.244 e. The Morgan fingerprint density at radius 2 is 2.16 bits per heavy atom. The van der Waals surface area contributed by atoms with E-state index in [1.54, 1.807) is 12.1 Å². The van der Waals surface area contributed by atoms with Crippen LogP contribution in [-0.2, 0) is 10.0 Å². The molecule has 19 heavy (non-hydrogen) atoms. The topological polar surface area (TPSA) is 81.4 Å². The maximum absolute atomic E-state index is 12.5. The minimum absolute atomic E-state index is 0.00802. The average Bonchev–Trinajstić information content (AvgIpc) is 2.47. The van der Waals surface area contributed by atoms with Crippen LogP contribution in [0.5, 0.6) is 0 Å². The highest BCUT2D eigenvalue weighted by Crippen LogP contribution is 2.25. The summed E-state index contributed by atoms with van der Waals surface area (Å²) in [5, 5.41) is 18.2. The Morgan fingerprint density at radius 3 is 2.84 bits per heavy atom. The monoisotopic (exact) mass is 280 g/mol. The Kier molecular flexibility index (Phi) is 4.20. The van der Waals surface area contributed by atoms with Crippen LogP contribution in [-0.4, -0.2) is 37.5 Å². The van der Waals surface area contributed by atoms with Gasteiger partial charge < -0.3 is 5.11 Å². The third kappa shape index (κ3) is 2.78. The molecule has 0 aromatic heterocycles. The molecular formula is C13H16N2O3S. The molecule has 0 amide bonds. The molecule has 1 unspecified atom stereocenters. The van der Waals surface area contributed by atoms with Crippen LogP contribution in [0.15, 0.2) is 29.2 Å². The number of aliphatic hydroxyl groups is 1. The summed E-state index contributed by atoms with van der Waals surface area (Å²) in [4.78, 5) is 0.0519. The van der Waals surface area contributed by atoms with E-state index in [1.807, 2.05) is 6.07 Å². The molecule has 0 radical (unpaired) electrons. The Balaban J connectivity index is 2.35. The summed E-state index contributed by atoms with van der Waals surface area (Å²) in [6.45, 7) is 0.753. The van der Waals surface area contributed by atoms with Gasteiger partial charge in [-0.15, -0.1) is 0 Å². The van der Waals surface area contributed by atoms with Gasteiger partial charge in [0.05, 0.1) is 10.5 Å². The van der Waals surface area contributed by atoms with Gasteiger partial charge in [0.25, 0.3) is 0 Å². The molecule has 0 saturated carbocycles. The molecule has 1 heterocycles. The number of hydrogen-bond acceptors (Lipinski definition) is 4. The predicted molar refractivity (Wildman–Crippen MR) is 69.7 cm³/mol. The standard InChI is InChI=1S/C13H16N2O3S/c14-8-12-5-1-2-6-13(12)19(17,18)15-7-3-4-11(9-15)10-16/h1-2,5-6,11,16H,3-4,7,9-10H2. The fourth-order valence-corrected chi connectivity index (χ4v) is 4.01. The van der Waals surface area contributed by atoms with Crippen molar-refractivity contribution in [1.82, 2.24) is 4.31 Å². The van der Waals surface area contributed by atoms with Crippen LogP contribution in [0.1, 0.15) is 18.4 Å². The van der Waals surface area contributed by atoms with E-state index in [9.17, 15) is 13.5 Å². The van der Waals surface area contributed by atoms with Crippen molar-refractivity contribution in [3.8, 4) is 6.07 Å². The quantitative estimate of drug-likeness (QED) is 0.893. The van der Waals surface area contributed by atoms with Crippen LogP contribution in [0, 0.1) is 17.2 Å². The number of nitrogens with zero attached hydrogens (tertiary/aromatic N) is 2. The zero-order chi connectivity index (χ0) is 13.9. The maximum Gasteiger partial charge on any atom is 0.244 e. The molecule has 5 nitrogen and oxygen atoms in total. The van der Waals surface area contributed by atoms with Gasteiger partial charge in [-0.3, -0.25) is 0 Å². The second kappa shape index (κ2) is 5.70. The van der Waals surface area contributed by atoms with Gasteiger partial charge in [0, 0.05) is 19.7 Å². The first-order valence-electron chi connectivity index (χ1n) is 6.19. The van der Waals surface area contributed by atoms with Gasteiger partial charge in [0.1, 0.15) is 6.07 Å². The fourth-order valence-electron chi connectivity index (χ4n) is 2.32. The number of piperidine rings is 1. The molecule has 0 spiro atoms. The summed E-state index contributed by atoms with van der Waals surface area (Å²) in [7, 11) is -3.65. The lowest BCUT2D eigenvalue weighted by atomic mass is 10.0. The Morgan fingerprint density at radius 1 is 1.42 bits per heavy atom. The van der Waals surface area contributed by atoms with Crippen LogP contribution in [0.4, 0.5) is 0 Å². The van der Waals surface area contributed by atoms with Crippen molar-refractivity contribution in [3.05, 3.63) is 29.8 Å². The molecule has 1 aromatic rings. The van der Waals surface area contributed by atoms with Gasteiger partial charge in [0.2, 0.25) is 10.0 Å². The molecule has 1 saturated heterocycles. The first kappa shape index (κ1) is 14.0. The van der Waals surface area contributed by atoms with Crippen molar-refractivity contribution in [2.45, 2.75) is 17.7 Å². The highest BCUT2D eigenvalue weighted by Gasteiger charge is 2.31. The number of sulfonamides is 1. The van der Waals surface area contributed by atoms with Crippen LogP contribution in [0.2, 0.25) is 0 Å². The van der Waals surface area contributed by atoms with Crippen molar-refractivity contribution in [2.24, 2.45) is 5.92 Å². The van der Waals surface area contributed by atoms with E-state index in [0.717, 1.165) is 12.8 Å². The van der Waals surface area contributed by atoms with Gasteiger partial charge in [-0.05, 0) is 30.9 Å². The highest BCUT2D eigenvalue weighted by atomic mass is 32.2. The summed E-state index contributed by atoms with van der Waals surface area (Å²) in [6.07, 6.45) is 1.57. The molecule has 0 bridgehead atoms. The third-order valence-corrected chi connectivity index (χ3v) is 5.29. The second-order valence-corrected chi connectivity index (χ2v) is 6.57. The summed E-state index contributed by atoms with van der Waals surface area (Å²) in [6, 6.07) is 8.12. The number of aliphatic hydroxyl groups excluding tert-OH is 1. The van der Waals surface area contributed by atoms with Crippen molar-refractivity contribution in [1.29, 1.82) is 5.26 Å². The summed E-state index contributed by atoms with van der Waals surface area (Å²) in [5.74, 6) is -0.0160. The summed E-state index contributed by atoms with van der Waals surface area (Å²) < 4.78 is 26.4. The maximum atomic E-state index is 12.5. The second-order valence-electron chi connectivity index (χ2n) is 4.66. The molecule has 1 aliphatic heterocycles. The van der Waals surface area contributed by atoms with E-state index in [4.69, 9.17) is 5.26 Å². The fraction of sp³-hybridized carbons (Fsp3) is 0.462. The molecule has 1 atom stereocenters. The van der Waals surface area contributed by atoms with Crippen molar-refractivity contribution >= 4 is 10.0 Å². The molecule has 1 aliphatic rings. The molecular weight excluding hydrogens is 264 g/mol. The Labute approximate surface area is 113 Å². The first-order valence-corrected chi connectivity index (χ1v) is 7.63. The summed E-state index contributed by atoms with van der Waals surface area (Å²) in [5.41, 5.74) is 0.161. The van der Waals surface area contributed by atoms with Gasteiger partial charge in [-0.1, -0.05) is 12.1 Å². The van der Waals surface area contributed by atoms with E-state index < -0.39 is 10.0 Å². The number of hydrogen-bond donors (Lipinski definition) is 1. The highest BCUT2D eigenvalue weighted by molar-refractivity contribution is 7.89. The molecule has 1 fully saturated rings. The summed E-state index contributed by atoms with van der Waals surface area (Å²) >= 11 is 0. The lowest BCUT2D eigenvalue weighted by Crippen LogP contribution is -2.41. The van der Waals surface area contributed by atoms with E-state index in [-0.39, 0.29) is 23.0 Å². The number of nitriles is 1. The van der Waals surface area contributed by atoms with E-state index in [0.29, 0.717) is 13.1 Å². The normalized spacial score (nSPS) is 20.9. The van der Waals surface area contributed by atoms with Gasteiger partial charge in [-0.2, -0.15) is 9.57 Å². The van der Waals surface area contributed by atoms with Gasteiger partial charge >= 0.3 is 0 Å². The van der Waals surface area contributed by atoms with Crippen LogP contribution in [0.3, 0.4) is 0 Å². The molecule has 1 N–H and O–H groups in total. The molecule has 0 aliphatic carbocycles. The number of benzene rings is 1. The molecule has 6 heteroatoms. The van der Waals surface area contributed by atoms with Crippen LogP contribution < -0.4 is 0 Å². The third-order valence-electron chi connectivity index (χ3n) is 3.37. The minimum atomic E-state index is -3.65. The largest absolute Gasteiger partial charge is 0.396 e.